The van der Waals surface area contributed by atoms with E-state index in [4.69, 9.17) is 9.47 Å². The van der Waals surface area contributed by atoms with Gasteiger partial charge in [-0.3, -0.25) is 4.79 Å². The van der Waals surface area contributed by atoms with Gasteiger partial charge in [-0.15, -0.1) is 0 Å². The maximum Gasteiger partial charge on any atom is 0.407 e. The van der Waals surface area contributed by atoms with E-state index in [1.54, 1.807) is 24.8 Å². The second-order valence-electron chi connectivity index (χ2n) is 9.07. The number of piperidine rings is 1. The lowest BCUT2D eigenvalue weighted by Crippen LogP contribution is -2.42. The Balaban J connectivity index is 2.05. The molecule has 1 heterocycles. The summed E-state index contributed by atoms with van der Waals surface area (Å²) in [6.45, 7) is 11.2. The Hall–Kier alpha value is -2.33. The van der Waals surface area contributed by atoms with Crippen LogP contribution in [0.5, 0.6) is 5.75 Å². The SMILES string of the molecule is CCN(CC)S(=O)(=O)c1cc(C(=O)N2CCC(CNC(=O)OC(C)(C)C)CC2)ccc1OC. The minimum Gasteiger partial charge on any atom is -0.495 e. The van der Waals surface area contributed by atoms with Gasteiger partial charge in [0.05, 0.1) is 7.11 Å². The minimum absolute atomic E-state index is 0.00371. The quantitative estimate of drug-likeness (QED) is 0.609. The van der Waals surface area contributed by atoms with Gasteiger partial charge in [0.15, 0.2) is 0 Å². The molecule has 1 aromatic rings. The molecule has 9 nitrogen and oxygen atoms in total. The third kappa shape index (κ3) is 7.07. The van der Waals surface area contributed by atoms with Crippen molar-refractivity contribution in [3.05, 3.63) is 23.8 Å². The van der Waals surface area contributed by atoms with Crippen molar-refractivity contribution >= 4 is 22.0 Å². The molecule has 1 saturated heterocycles. The third-order valence-electron chi connectivity index (χ3n) is 5.57. The fourth-order valence-corrected chi connectivity index (χ4v) is 5.42. The Bertz CT molecular complexity index is 930. The van der Waals surface area contributed by atoms with Crippen molar-refractivity contribution in [2.75, 3.05) is 39.8 Å². The van der Waals surface area contributed by atoms with Gasteiger partial charge in [-0.25, -0.2) is 13.2 Å². The molecule has 0 saturated carbocycles. The maximum atomic E-state index is 13.1. The Morgan fingerprint density at radius 1 is 1.15 bits per heavy atom. The largest absolute Gasteiger partial charge is 0.495 e. The standard InChI is InChI=1S/C23H37N3O6S/c1-7-26(8-2)33(29,30)20-15-18(9-10-19(20)31-6)21(27)25-13-11-17(12-14-25)16-24-22(28)32-23(3,4)5/h9-10,15,17H,7-8,11-14,16H2,1-6H3,(H,24,28). The minimum atomic E-state index is -3.78. The van der Waals surface area contributed by atoms with Gasteiger partial charge in [-0.05, 0) is 57.7 Å². The first kappa shape index (κ1) is 26.9. The number of benzene rings is 1. The van der Waals surface area contributed by atoms with E-state index in [0.717, 1.165) is 12.8 Å². The van der Waals surface area contributed by atoms with E-state index in [9.17, 15) is 18.0 Å². The van der Waals surface area contributed by atoms with Gasteiger partial charge in [0, 0.05) is 38.3 Å². The zero-order valence-corrected chi connectivity index (χ0v) is 21.3. The fourth-order valence-electron chi connectivity index (χ4n) is 3.78. The van der Waals surface area contributed by atoms with Gasteiger partial charge in [-0.1, -0.05) is 13.8 Å². The molecule has 1 fully saturated rings. The van der Waals surface area contributed by atoms with Crippen LogP contribution in [-0.4, -0.2) is 75.1 Å². The molecule has 0 radical (unpaired) electrons. The average molecular weight is 484 g/mol. The molecular weight excluding hydrogens is 446 g/mol. The summed E-state index contributed by atoms with van der Waals surface area (Å²) in [6.07, 6.45) is 1.03. The Morgan fingerprint density at radius 3 is 2.27 bits per heavy atom. The van der Waals surface area contributed by atoms with Crippen molar-refractivity contribution in [2.45, 2.75) is 58.0 Å². The number of hydrogen-bond donors (Lipinski definition) is 1. The molecule has 33 heavy (non-hydrogen) atoms. The van der Waals surface area contributed by atoms with Crippen LogP contribution in [0.1, 0.15) is 57.8 Å². The predicted octanol–water partition coefficient (Wildman–Crippen LogP) is 3.10. The molecule has 1 N–H and O–H groups in total. The van der Waals surface area contributed by atoms with E-state index < -0.39 is 21.7 Å². The molecule has 2 amide bonds. The number of sulfonamides is 1. The smallest absolute Gasteiger partial charge is 0.407 e. The molecule has 10 heteroatoms. The zero-order valence-electron chi connectivity index (χ0n) is 20.5. The lowest BCUT2D eigenvalue weighted by atomic mass is 9.96. The van der Waals surface area contributed by atoms with Crippen LogP contribution < -0.4 is 10.1 Å². The maximum absolute atomic E-state index is 13.1. The number of rotatable bonds is 8. The van der Waals surface area contributed by atoms with E-state index in [0.29, 0.717) is 38.3 Å². The number of methoxy groups -OCH3 is 1. The number of nitrogens with one attached hydrogen (secondary N) is 1. The molecule has 0 aromatic heterocycles. The molecule has 0 spiro atoms. The Labute approximate surface area is 197 Å². The number of carbonyl (C=O) groups excluding carboxylic acids is 2. The van der Waals surface area contributed by atoms with E-state index in [1.165, 1.54) is 23.5 Å². The monoisotopic (exact) mass is 483 g/mol. The van der Waals surface area contributed by atoms with Crippen molar-refractivity contribution in [2.24, 2.45) is 5.92 Å². The molecule has 186 valence electrons. The van der Waals surface area contributed by atoms with Crippen molar-refractivity contribution in [3.63, 3.8) is 0 Å². The summed E-state index contributed by atoms with van der Waals surface area (Å²) in [6, 6.07) is 4.53. The summed E-state index contributed by atoms with van der Waals surface area (Å²) in [7, 11) is -2.37. The van der Waals surface area contributed by atoms with Gasteiger partial charge in [0.25, 0.3) is 5.91 Å². The number of alkyl carbamates (subject to hydrolysis) is 1. The molecule has 0 aliphatic carbocycles. The number of nitrogens with zero attached hydrogens (tertiary/aromatic N) is 2. The average Bonchev–Trinajstić information content (AvgIpc) is 2.76. The summed E-state index contributed by atoms with van der Waals surface area (Å²) >= 11 is 0. The first-order chi connectivity index (χ1) is 15.4. The molecule has 1 aromatic carbocycles. The molecule has 0 atom stereocenters. The van der Waals surface area contributed by atoms with Crippen molar-refractivity contribution in [1.29, 1.82) is 0 Å². The number of likely N-dealkylation sites (tertiary alicyclic amines) is 1. The van der Waals surface area contributed by atoms with Crippen LogP contribution >= 0.6 is 0 Å². The molecule has 2 rings (SSSR count). The molecule has 1 aliphatic rings. The fraction of sp³-hybridized carbons (Fsp3) is 0.652. The summed E-state index contributed by atoms with van der Waals surface area (Å²) in [5.74, 6) is 0.244. The van der Waals surface area contributed by atoms with Crippen LogP contribution in [0.15, 0.2) is 23.1 Å². The summed E-state index contributed by atoms with van der Waals surface area (Å²) in [5, 5.41) is 2.79. The van der Waals surface area contributed by atoms with Crippen LogP contribution in [0.2, 0.25) is 0 Å². The predicted molar refractivity (Wildman–Crippen MR) is 126 cm³/mol. The van der Waals surface area contributed by atoms with Gasteiger partial charge in [-0.2, -0.15) is 4.31 Å². The van der Waals surface area contributed by atoms with Gasteiger partial charge >= 0.3 is 6.09 Å². The number of amides is 2. The summed E-state index contributed by atoms with van der Waals surface area (Å²) in [5.41, 5.74) is -0.234. The first-order valence-electron chi connectivity index (χ1n) is 11.4. The van der Waals surface area contributed by atoms with E-state index in [1.807, 2.05) is 20.8 Å². The van der Waals surface area contributed by atoms with Gasteiger partial charge < -0.3 is 19.7 Å². The van der Waals surface area contributed by atoms with E-state index in [2.05, 4.69) is 5.32 Å². The summed E-state index contributed by atoms with van der Waals surface area (Å²) in [4.78, 5) is 26.7. The highest BCUT2D eigenvalue weighted by molar-refractivity contribution is 7.89. The van der Waals surface area contributed by atoms with Crippen molar-refractivity contribution in [1.82, 2.24) is 14.5 Å². The third-order valence-corrected chi connectivity index (χ3v) is 7.64. The Morgan fingerprint density at radius 2 is 1.76 bits per heavy atom. The normalized spacial score (nSPS) is 15.4. The molecule has 0 bridgehead atoms. The van der Waals surface area contributed by atoms with Crippen LogP contribution in [0.3, 0.4) is 0 Å². The number of ether oxygens (including phenoxy) is 2. The lowest BCUT2D eigenvalue weighted by molar-refractivity contribution is 0.0500. The second-order valence-corrected chi connectivity index (χ2v) is 11.0. The van der Waals surface area contributed by atoms with Crippen molar-refractivity contribution in [3.8, 4) is 5.75 Å². The Kier molecular flexibility index (Phi) is 9.13. The molecule has 1 aliphatic heterocycles. The van der Waals surface area contributed by atoms with Crippen molar-refractivity contribution < 1.29 is 27.5 Å². The van der Waals surface area contributed by atoms with Crippen LogP contribution in [0, 0.1) is 5.92 Å². The van der Waals surface area contributed by atoms with E-state index >= 15 is 0 Å². The van der Waals surface area contributed by atoms with Crippen LogP contribution in [0.25, 0.3) is 0 Å². The van der Waals surface area contributed by atoms with Crippen LogP contribution in [-0.2, 0) is 14.8 Å². The highest BCUT2D eigenvalue weighted by Gasteiger charge is 2.29. The van der Waals surface area contributed by atoms with Gasteiger partial charge in [0.1, 0.15) is 16.2 Å². The first-order valence-corrected chi connectivity index (χ1v) is 12.8. The molecule has 0 unspecified atom stereocenters. The highest BCUT2D eigenvalue weighted by Crippen LogP contribution is 2.29. The number of carbonyl (C=O) groups is 2. The lowest BCUT2D eigenvalue weighted by Gasteiger charge is -2.32. The summed E-state index contributed by atoms with van der Waals surface area (Å²) < 4.78 is 38.0. The second kappa shape index (κ2) is 11.2. The topological polar surface area (TPSA) is 105 Å². The highest BCUT2D eigenvalue weighted by atomic mass is 32.2. The number of hydrogen-bond acceptors (Lipinski definition) is 6. The van der Waals surface area contributed by atoms with Crippen LogP contribution in [0.4, 0.5) is 4.79 Å². The van der Waals surface area contributed by atoms with E-state index in [-0.39, 0.29) is 22.5 Å². The molecular formula is C23H37N3O6S. The van der Waals surface area contributed by atoms with Gasteiger partial charge in [0.2, 0.25) is 10.0 Å². The zero-order chi connectivity index (χ0) is 24.8.